The molecule has 32 heteroatoms. The summed E-state index contributed by atoms with van der Waals surface area (Å²) in [6.45, 7) is 35.3. The zero-order valence-corrected chi connectivity index (χ0v) is 82.4. The Morgan fingerprint density at radius 2 is 0.622 bits per heavy atom. The zero-order chi connectivity index (χ0) is 99.4. The van der Waals surface area contributed by atoms with Gasteiger partial charge in [0.15, 0.2) is 11.3 Å². The number of nitrogens with one attached hydrogen (secondary N) is 4. The van der Waals surface area contributed by atoms with Gasteiger partial charge in [0.1, 0.15) is 46.7 Å². The van der Waals surface area contributed by atoms with E-state index >= 15 is 0 Å². The molecule has 4 aromatic carbocycles. The lowest BCUT2D eigenvalue weighted by atomic mass is 10.1. The summed E-state index contributed by atoms with van der Waals surface area (Å²) in [5.41, 5.74) is 26.2. The van der Waals surface area contributed by atoms with Crippen molar-refractivity contribution in [1.82, 2.24) is 117 Å². The average molecular weight is 1900 g/mol. The molecule has 32 nitrogen and oxygen atoms in total. The molecule has 4 amide bonds. The van der Waals surface area contributed by atoms with Crippen molar-refractivity contribution < 1.29 is 19.2 Å². The van der Waals surface area contributed by atoms with E-state index < -0.39 is 0 Å². The van der Waals surface area contributed by atoms with Gasteiger partial charge in [-0.3, -0.25) is 86.3 Å². The number of piperazine rings is 4. The number of hydrogen-bond donors (Lipinski definition) is 4. The fourth-order valence-electron chi connectivity index (χ4n) is 17.0. The van der Waals surface area contributed by atoms with Gasteiger partial charge in [-0.25, -0.2) is 29.9 Å². The van der Waals surface area contributed by atoms with Gasteiger partial charge >= 0.3 is 0 Å². The van der Waals surface area contributed by atoms with E-state index in [0.717, 1.165) is 216 Å². The highest BCUT2D eigenvalue weighted by molar-refractivity contribution is 6.06. The van der Waals surface area contributed by atoms with Gasteiger partial charge in [-0.1, -0.05) is 47.9 Å². The van der Waals surface area contributed by atoms with Crippen LogP contribution in [-0.4, -0.2) is 273 Å². The highest BCUT2D eigenvalue weighted by Crippen LogP contribution is 2.26. The number of carbonyl (C=O) groups is 4. The van der Waals surface area contributed by atoms with Crippen molar-refractivity contribution in [2.45, 2.75) is 74.6 Å². The maximum Gasteiger partial charge on any atom is 0.257 e. The summed E-state index contributed by atoms with van der Waals surface area (Å²) < 4.78 is 7.50. The molecule has 16 heterocycles. The van der Waals surface area contributed by atoms with Crippen LogP contribution in [0.5, 0.6) is 0 Å². The summed E-state index contributed by atoms with van der Waals surface area (Å²) in [6.07, 6.45) is 33.6. The van der Waals surface area contributed by atoms with E-state index in [1.54, 1.807) is 142 Å². The van der Waals surface area contributed by atoms with Crippen LogP contribution in [0.2, 0.25) is 0 Å². The van der Waals surface area contributed by atoms with Crippen LogP contribution in [-0.2, 0) is 26.2 Å². The first-order valence-electron chi connectivity index (χ1n) is 47.7. The molecule has 0 atom stereocenters. The van der Waals surface area contributed by atoms with E-state index in [9.17, 15) is 19.2 Å². The number of likely N-dealkylation sites (N-methyl/N-ethyl adjacent to an activating group) is 4. The van der Waals surface area contributed by atoms with Gasteiger partial charge in [-0.05, 0) is 224 Å². The lowest BCUT2D eigenvalue weighted by Gasteiger charge is -2.32. The number of benzene rings is 4. The predicted molar refractivity (Wildman–Crippen MR) is 555 cm³/mol. The first kappa shape index (κ1) is 98.4. The van der Waals surface area contributed by atoms with Crippen LogP contribution in [0, 0.1) is 95.8 Å². The molecule has 20 rings (SSSR count). The molecule has 0 radical (unpaired) electrons. The molecule has 4 N–H and O–H groups in total. The number of rotatable bonds is 16. The number of fused-ring (bicyclic) bond motifs is 4. The second-order valence-electron chi connectivity index (χ2n) is 36.7. The Kier molecular flexibility index (Phi) is 31.8. The van der Waals surface area contributed by atoms with Crippen LogP contribution < -0.4 is 21.3 Å². The van der Waals surface area contributed by atoms with E-state index in [0.29, 0.717) is 44.5 Å². The molecular formula is C111H114N28O4. The molecule has 4 aliphatic heterocycles. The number of imidazole rings is 4. The van der Waals surface area contributed by atoms with Gasteiger partial charge in [0.25, 0.3) is 23.6 Å². The number of amides is 4. The molecule has 0 aliphatic carbocycles. The molecular weight excluding hydrogens is 1790 g/mol. The number of pyridine rings is 4. The highest BCUT2D eigenvalue weighted by Gasteiger charge is 2.23. The van der Waals surface area contributed by atoms with Crippen LogP contribution in [0.15, 0.2) is 227 Å². The maximum absolute atomic E-state index is 12.9. The largest absolute Gasteiger partial charge is 0.322 e. The van der Waals surface area contributed by atoms with E-state index in [1.165, 1.54) is 44.5 Å². The fraction of sp³-hybridized carbons (Fsp3) is 0.279. The van der Waals surface area contributed by atoms with Crippen molar-refractivity contribution in [2.24, 2.45) is 0 Å². The SMILES string of the molecule is Cc1cc(NC(=O)c2cncc(C#Cc3cnc4c(C)cncn34)c2)ccc1CN1CCN(C)CC1.Cc1cc(NC(=O)c2cncc(C#Cc3cnc4ccncn34)c2)ccc1CN1CCN(C)CC1.Cc1cc(NC(=O)c2cncc(C#Cc3cnc4cncc(C)n34)c2)ccc1CN1CCN(C)CC1.Cc1cn2c(C#Cc3cncc(C(=O)Nc4ccc(CN5CCN(C)CC5)c(C)c4)c3)cnc2cn1. The molecule has 0 spiro atoms. The van der Waals surface area contributed by atoms with Gasteiger partial charge in [0, 0.05) is 262 Å². The van der Waals surface area contributed by atoms with Gasteiger partial charge in [-0.15, -0.1) is 0 Å². The molecule has 4 aliphatic rings. The highest BCUT2D eigenvalue weighted by atomic mass is 16.2. The van der Waals surface area contributed by atoms with Gasteiger partial charge in [0.05, 0.1) is 65.1 Å². The molecule has 0 saturated carbocycles. The zero-order valence-electron chi connectivity index (χ0n) is 82.4. The molecule has 16 aromatic rings. The summed E-state index contributed by atoms with van der Waals surface area (Å²) in [5.74, 6) is 23.9. The Bertz CT molecular complexity index is 7480. The Hall–Kier alpha value is -16.2. The normalized spacial score (nSPS) is 14.4. The van der Waals surface area contributed by atoms with Crippen LogP contribution in [0.3, 0.4) is 0 Å². The minimum absolute atomic E-state index is 0.214. The molecule has 143 heavy (non-hydrogen) atoms. The summed E-state index contributed by atoms with van der Waals surface area (Å²) >= 11 is 0. The minimum atomic E-state index is -0.216. The van der Waals surface area contributed by atoms with Crippen molar-refractivity contribution in [3.63, 3.8) is 0 Å². The number of aromatic nitrogens is 16. The van der Waals surface area contributed by atoms with E-state index in [-0.39, 0.29) is 23.6 Å². The van der Waals surface area contributed by atoms with E-state index in [2.05, 4.69) is 248 Å². The Balaban J connectivity index is 0.000000131. The standard InChI is InChI=1S/3C28H29N7O.C27H27N7O/c1-20-12-25(6-5-23(20)19-34-10-8-33(3)9-11-34)32-28(36)24-13-22(14-29-15-24)4-7-26-16-31-27-17-30-21(2)18-35(26)27;1-20-12-25(6-5-23(20)19-34-10-8-33(3)9-11-34)32-28(36)24-13-22(15-30-16-24)4-7-26-17-31-27-18-29-14-21(2)35(26)27;1-20-12-25(6-5-23(20)18-34-10-8-33(3)9-11-34)32-28(36)24-13-22(15-29-16-24)4-7-26-17-31-27-21(2)14-30-19-35(26)27;1-20-13-24(5-4-22(20)18-33-11-9-32(2)10-12-33)31-27(35)23-14-21(15-29-16-23)3-6-25-17-30-26-7-8-28-19-34(25)26/h2*5-6,12-18H,8-11,19H2,1-3H3,(H,32,36);5-6,12-17,19H,8-11,18H2,1-3H3,(H,32,36);4-5,7-8,13-17,19H,9-12,18H2,1-2H3,(H,31,35). The number of carbonyl (C=O) groups excluding carboxylic acids is 4. The topological polar surface area (TPSA) is 315 Å². The predicted octanol–water partition coefficient (Wildman–Crippen LogP) is 12.3. The Labute approximate surface area is 832 Å². The summed E-state index contributed by atoms with van der Waals surface area (Å²) in [7, 11) is 8.66. The van der Waals surface area contributed by atoms with Crippen LogP contribution >= 0.6 is 0 Å². The van der Waals surface area contributed by atoms with Gasteiger partial charge in [-0.2, -0.15) is 0 Å². The van der Waals surface area contributed by atoms with E-state index in [4.69, 9.17) is 0 Å². The average Bonchev–Trinajstić information content (AvgIpc) is 1.68. The minimum Gasteiger partial charge on any atom is -0.322 e. The fourth-order valence-corrected chi connectivity index (χ4v) is 17.0. The molecule has 722 valence electrons. The third-order valence-corrected chi connectivity index (χ3v) is 25.7. The second-order valence-corrected chi connectivity index (χ2v) is 36.7. The van der Waals surface area contributed by atoms with Crippen molar-refractivity contribution >= 4 is 69.0 Å². The number of anilines is 4. The summed E-state index contributed by atoms with van der Waals surface area (Å²) in [6, 6.07) is 33.2. The van der Waals surface area contributed by atoms with Crippen LogP contribution in [0.25, 0.3) is 22.6 Å². The van der Waals surface area contributed by atoms with Crippen molar-refractivity contribution in [3.8, 4) is 47.4 Å². The number of hydrogen-bond acceptors (Lipinski definition) is 24. The third-order valence-electron chi connectivity index (χ3n) is 25.7. The van der Waals surface area contributed by atoms with Gasteiger partial charge < -0.3 is 40.9 Å². The maximum atomic E-state index is 12.9. The number of nitrogens with zero attached hydrogens (tertiary/aromatic N) is 24. The Morgan fingerprint density at radius 1 is 0.287 bits per heavy atom. The van der Waals surface area contributed by atoms with Crippen LogP contribution in [0.1, 0.15) is 148 Å². The van der Waals surface area contributed by atoms with E-state index in [1.807, 2.05) is 99.2 Å². The van der Waals surface area contributed by atoms with Crippen LogP contribution in [0.4, 0.5) is 22.7 Å². The third kappa shape index (κ3) is 26.1. The monoisotopic (exact) mass is 1900 g/mol. The quantitative estimate of drug-likeness (QED) is 0.0653. The second kappa shape index (κ2) is 46.2. The smallest absolute Gasteiger partial charge is 0.257 e. The lowest BCUT2D eigenvalue weighted by molar-refractivity contribution is 0.101. The first-order valence-corrected chi connectivity index (χ1v) is 47.7. The van der Waals surface area contributed by atoms with Crippen molar-refractivity contribution in [2.75, 3.05) is 154 Å². The first-order chi connectivity index (χ1) is 69.4. The van der Waals surface area contributed by atoms with Gasteiger partial charge in [0.2, 0.25) is 0 Å². The molecule has 4 fully saturated rings. The Morgan fingerprint density at radius 3 is 1.01 bits per heavy atom. The summed E-state index contributed by atoms with van der Waals surface area (Å²) in [4.78, 5) is 122. The number of aryl methyl sites for hydroxylation is 7. The summed E-state index contributed by atoms with van der Waals surface area (Å²) in [5, 5.41) is 12.0. The molecule has 0 bridgehead atoms. The molecule has 12 aromatic heterocycles. The molecule has 0 unspecified atom stereocenters. The lowest BCUT2D eigenvalue weighted by Crippen LogP contribution is -2.43. The molecule has 4 saturated heterocycles. The van der Waals surface area contributed by atoms with Crippen molar-refractivity contribution in [1.29, 1.82) is 0 Å². The van der Waals surface area contributed by atoms with Crippen molar-refractivity contribution in [3.05, 3.63) is 356 Å².